The summed E-state index contributed by atoms with van der Waals surface area (Å²) < 4.78 is 10.6. The summed E-state index contributed by atoms with van der Waals surface area (Å²) in [6, 6.07) is 8.86. The molecule has 2 heterocycles. The quantitative estimate of drug-likeness (QED) is 0.696. The van der Waals surface area contributed by atoms with Crippen molar-refractivity contribution < 1.29 is 19.1 Å². The Balaban J connectivity index is 1.35. The number of pyridine rings is 1. The van der Waals surface area contributed by atoms with E-state index in [1.807, 2.05) is 6.92 Å². The van der Waals surface area contributed by atoms with Crippen molar-refractivity contribution in [2.45, 2.75) is 30.8 Å². The first-order valence-electron chi connectivity index (χ1n) is 9.18. The van der Waals surface area contributed by atoms with Crippen molar-refractivity contribution in [3.8, 4) is 11.5 Å². The number of benzene rings is 1. The molecule has 1 aromatic carbocycles. The number of fused-ring (bicyclic) bond motifs is 1. The van der Waals surface area contributed by atoms with Crippen molar-refractivity contribution in [3.63, 3.8) is 0 Å². The van der Waals surface area contributed by atoms with Crippen LogP contribution in [-0.4, -0.2) is 35.4 Å². The van der Waals surface area contributed by atoms with Gasteiger partial charge >= 0.3 is 0 Å². The van der Waals surface area contributed by atoms with Crippen LogP contribution in [0.1, 0.15) is 30.1 Å². The number of ether oxygens (including phenoxy) is 2. The maximum atomic E-state index is 12.6. The molecular weight excluding hydrogens is 378 g/mol. The Kier molecular flexibility index (Phi) is 5.38. The van der Waals surface area contributed by atoms with Crippen LogP contribution in [0.15, 0.2) is 41.6 Å². The Morgan fingerprint density at radius 1 is 1.25 bits per heavy atom. The molecule has 1 fully saturated rings. The first-order valence-corrected chi connectivity index (χ1v) is 10.2. The topological polar surface area (TPSA) is 89.6 Å². The number of rotatable bonds is 7. The van der Waals surface area contributed by atoms with E-state index >= 15 is 0 Å². The molecule has 2 aliphatic rings. The number of anilines is 1. The smallest absolute Gasteiger partial charge is 0.254 e. The average molecular weight is 399 g/mol. The Hall–Kier alpha value is -2.74. The summed E-state index contributed by atoms with van der Waals surface area (Å²) in [7, 11) is 0. The highest BCUT2D eigenvalue weighted by molar-refractivity contribution is 8.00. The maximum absolute atomic E-state index is 12.6. The normalized spacial score (nSPS) is 15.8. The van der Waals surface area contributed by atoms with Gasteiger partial charge in [0.1, 0.15) is 5.03 Å². The van der Waals surface area contributed by atoms with Crippen LogP contribution >= 0.6 is 11.8 Å². The molecule has 28 heavy (non-hydrogen) atoms. The number of amides is 2. The Morgan fingerprint density at radius 2 is 2.07 bits per heavy atom. The molecule has 0 saturated heterocycles. The molecule has 1 aliphatic heterocycles. The molecule has 2 aromatic rings. The monoisotopic (exact) mass is 399 g/mol. The summed E-state index contributed by atoms with van der Waals surface area (Å²) in [4.78, 5) is 29.2. The van der Waals surface area contributed by atoms with E-state index in [4.69, 9.17) is 9.47 Å². The minimum atomic E-state index is -0.188. The van der Waals surface area contributed by atoms with Gasteiger partial charge in [0.25, 0.3) is 5.91 Å². The van der Waals surface area contributed by atoms with E-state index in [0.29, 0.717) is 33.7 Å². The molecule has 0 unspecified atom stereocenters. The zero-order chi connectivity index (χ0) is 19.5. The number of carbonyl (C=O) groups is 2. The van der Waals surface area contributed by atoms with Crippen LogP contribution in [0.4, 0.5) is 5.69 Å². The van der Waals surface area contributed by atoms with Crippen molar-refractivity contribution in [2.24, 2.45) is 5.92 Å². The predicted molar refractivity (Wildman–Crippen MR) is 106 cm³/mol. The molecule has 2 amide bonds. The molecule has 1 saturated carbocycles. The fourth-order valence-corrected chi connectivity index (χ4v) is 3.77. The van der Waals surface area contributed by atoms with Gasteiger partial charge in [-0.3, -0.25) is 9.59 Å². The molecule has 0 bridgehead atoms. The molecule has 8 heteroatoms. The van der Waals surface area contributed by atoms with E-state index in [9.17, 15) is 9.59 Å². The number of nitrogens with zero attached hydrogens (tertiary/aromatic N) is 1. The molecule has 146 valence electrons. The van der Waals surface area contributed by atoms with E-state index in [-0.39, 0.29) is 30.4 Å². The number of aromatic nitrogens is 1. The second-order valence-electron chi connectivity index (χ2n) is 6.86. The second-order valence-corrected chi connectivity index (χ2v) is 7.82. The molecule has 2 N–H and O–H groups in total. The first-order chi connectivity index (χ1) is 13.6. The summed E-state index contributed by atoms with van der Waals surface area (Å²) in [5.74, 6) is 1.66. The lowest BCUT2D eigenvalue weighted by Gasteiger charge is -2.14. The minimum Gasteiger partial charge on any atom is -0.454 e. The standard InChI is InChI=1S/C20H21N3O4S/c1-12(13-4-5-13)22-19(25)15-3-2-8-21-20(15)28-10-18(24)23-14-6-7-16-17(9-14)27-11-26-16/h2-3,6-9,12-13H,4-5,10-11H2,1H3,(H,22,25)(H,23,24)/t12-/m1/s1. The van der Waals surface area contributed by atoms with Gasteiger partial charge in [-0.1, -0.05) is 11.8 Å². The highest BCUT2D eigenvalue weighted by atomic mass is 32.2. The number of carbonyl (C=O) groups excluding carboxylic acids is 2. The fourth-order valence-electron chi connectivity index (χ4n) is 2.98. The summed E-state index contributed by atoms with van der Waals surface area (Å²) in [5.41, 5.74) is 1.13. The Labute approximate surface area is 167 Å². The molecule has 0 radical (unpaired) electrons. The molecule has 4 rings (SSSR count). The van der Waals surface area contributed by atoms with E-state index in [1.165, 1.54) is 11.8 Å². The largest absolute Gasteiger partial charge is 0.454 e. The van der Waals surface area contributed by atoms with Gasteiger partial charge in [0.2, 0.25) is 12.7 Å². The van der Waals surface area contributed by atoms with Crippen LogP contribution in [0.3, 0.4) is 0 Å². The highest BCUT2D eigenvalue weighted by Crippen LogP contribution is 2.34. The SMILES string of the molecule is C[C@@H](NC(=O)c1cccnc1SCC(=O)Nc1ccc2c(c1)OCO2)C1CC1. The molecule has 1 atom stereocenters. The Morgan fingerprint density at radius 3 is 2.89 bits per heavy atom. The molecule has 1 aromatic heterocycles. The van der Waals surface area contributed by atoms with E-state index < -0.39 is 0 Å². The van der Waals surface area contributed by atoms with Gasteiger partial charge in [-0.25, -0.2) is 4.98 Å². The van der Waals surface area contributed by atoms with E-state index in [1.54, 1.807) is 36.5 Å². The van der Waals surface area contributed by atoms with Crippen LogP contribution in [0.5, 0.6) is 11.5 Å². The van der Waals surface area contributed by atoms with E-state index in [0.717, 1.165) is 12.8 Å². The van der Waals surface area contributed by atoms with Gasteiger partial charge < -0.3 is 20.1 Å². The number of thioether (sulfide) groups is 1. The zero-order valence-corrected chi connectivity index (χ0v) is 16.3. The highest BCUT2D eigenvalue weighted by Gasteiger charge is 2.29. The summed E-state index contributed by atoms with van der Waals surface area (Å²) in [5, 5.41) is 6.40. The van der Waals surface area contributed by atoms with Crippen LogP contribution < -0.4 is 20.1 Å². The average Bonchev–Trinajstić information content (AvgIpc) is 3.45. The lowest BCUT2D eigenvalue weighted by Crippen LogP contribution is -2.34. The summed E-state index contributed by atoms with van der Waals surface area (Å²) in [6.45, 7) is 2.21. The molecule has 7 nitrogen and oxygen atoms in total. The van der Waals surface area contributed by atoms with Crippen molar-refractivity contribution in [3.05, 3.63) is 42.1 Å². The molecule has 1 aliphatic carbocycles. The Bertz CT molecular complexity index is 901. The van der Waals surface area contributed by atoms with Gasteiger partial charge in [-0.15, -0.1) is 0 Å². The van der Waals surface area contributed by atoms with Crippen LogP contribution in [0.25, 0.3) is 0 Å². The third-order valence-corrected chi connectivity index (χ3v) is 5.71. The lowest BCUT2D eigenvalue weighted by molar-refractivity contribution is -0.113. The van der Waals surface area contributed by atoms with Crippen molar-refractivity contribution in [2.75, 3.05) is 17.9 Å². The van der Waals surface area contributed by atoms with Gasteiger partial charge in [-0.05, 0) is 49.9 Å². The zero-order valence-electron chi connectivity index (χ0n) is 15.4. The molecular formula is C20H21N3O4S. The first kappa shape index (κ1) is 18.6. The predicted octanol–water partition coefficient (Wildman–Crippen LogP) is 3.07. The van der Waals surface area contributed by atoms with Gasteiger partial charge in [0, 0.05) is 24.0 Å². The van der Waals surface area contributed by atoms with Crippen LogP contribution in [0, 0.1) is 5.92 Å². The second kappa shape index (κ2) is 8.10. The summed E-state index contributed by atoms with van der Waals surface area (Å²) >= 11 is 1.24. The van der Waals surface area contributed by atoms with Crippen molar-refractivity contribution in [1.29, 1.82) is 0 Å². The molecule has 0 spiro atoms. The number of hydrogen-bond donors (Lipinski definition) is 2. The fraction of sp³-hybridized carbons (Fsp3) is 0.350. The number of hydrogen-bond acceptors (Lipinski definition) is 6. The van der Waals surface area contributed by atoms with Crippen LogP contribution in [-0.2, 0) is 4.79 Å². The van der Waals surface area contributed by atoms with Crippen molar-refractivity contribution >= 4 is 29.3 Å². The van der Waals surface area contributed by atoms with E-state index in [2.05, 4.69) is 15.6 Å². The van der Waals surface area contributed by atoms with Crippen LogP contribution in [0.2, 0.25) is 0 Å². The van der Waals surface area contributed by atoms with Crippen molar-refractivity contribution in [1.82, 2.24) is 10.3 Å². The summed E-state index contributed by atoms with van der Waals surface area (Å²) in [6.07, 6.45) is 3.95. The lowest BCUT2D eigenvalue weighted by atomic mass is 10.2. The van der Waals surface area contributed by atoms with Gasteiger partial charge in [0.05, 0.1) is 11.3 Å². The van der Waals surface area contributed by atoms with Gasteiger partial charge in [0.15, 0.2) is 11.5 Å². The minimum absolute atomic E-state index is 0.143. The third-order valence-electron chi connectivity index (χ3n) is 4.70. The maximum Gasteiger partial charge on any atom is 0.254 e. The third kappa shape index (κ3) is 4.39. The van der Waals surface area contributed by atoms with Gasteiger partial charge in [-0.2, -0.15) is 0 Å². The number of nitrogens with one attached hydrogen (secondary N) is 2.